The van der Waals surface area contributed by atoms with E-state index in [4.69, 9.17) is 9.84 Å². The van der Waals surface area contributed by atoms with Crippen molar-refractivity contribution in [2.45, 2.75) is 17.4 Å². The quantitative estimate of drug-likeness (QED) is 0.662. The van der Waals surface area contributed by atoms with Crippen LogP contribution in [0.1, 0.15) is 16.8 Å². The van der Waals surface area contributed by atoms with Gasteiger partial charge in [-0.3, -0.25) is 0 Å². The second kappa shape index (κ2) is 8.08. The van der Waals surface area contributed by atoms with Gasteiger partial charge in [0.25, 0.3) is 0 Å². The van der Waals surface area contributed by atoms with Crippen molar-refractivity contribution in [1.29, 1.82) is 0 Å². The SMILES string of the molecule is COCC(CCO)NS(=O)(=O)c1ccccc1C(=O)OC. The van der Waals surface area contributed by atoms with E-state index in [2.05, 4.69) is 9.46 Å². The van der Waals surface area contributed by atoms with Crippen LogP contribution >= 0.6 is 0 Å². The van der Waals surface area contributed by atoms with Gasteiger partial charge in [-0.1, -0.05) is 12.1 Å². The Balaban J connectivity index is 3.10. The monoisotopic (exact) mass is 317 g/mol. The second-order valence-corrected chi connectivity index (χ2v) is 5.96. The number of aliphatic hydroxyl groups is 1. The van der Waals surface area contributed by atoms with Gasteiger partial charge in [-0.05, 0) is 18.6 Å². The molecule has 0 spiro atoms. The number of sulfonamides is 1. The zero-order valence-electron chi connectivity index (χ0n) is 11.9. The highest BCUT2D eigenvalue weighted by Gasteiger charge is 2.25. The van der Waals surface area contributed by atoms with Gasteiger partial charge in [-0.25, -0.2) is 17.9 Å². The molecule has 0 aliphatic carbocycles. The van der Waals surface area contributed by atoms with E-state index in [0.29, 0.717) is 0 Å². The first-order valence-electron chi connectivity index (χ1n) is 6.25. The Kier molecular flexibility index (Phi) is 6.76. The number of ether oxygens (including phenoxy) is 2. The third-order valence-electron chi connectivity index (χ3n) is 2.75. The Bertz CT molecular complexity index is 566. The Labute approximate surface area is 123 Å². The summed E-state index contributed by atoms with van der Waals surface area (Å²) >= 11 is 0. The number of carbonyl (C=O) groups is 1. The molecule has 2 N–H and O–H groups in total. The number of rotatable bonds is 8. The highest BCUT2D eigenvalue weighted by molar-refractivity contribution is 7.89. The first-order valence-corrected chi connectivity index (χ1v) is 7.74. The number of hydrogen-bond acceptors (Lipinski definition) is 6. The van der Waals surface area contributed by atoms with Gasteiger partial charge < -0.3 is 14.6 Å². The molecule has 1 rings (SSSR count). The minimum Gasteiger partial charge on any atom is -0.465 e. The van der Waals surface area contributed by atoms with Gasteiger partial charge in [0.2, 0.25) is 10.0 Å². The lowest BCUT2D eigenvalue weighted by Gasteiger charge is -2.18. The number of methoxy groups -OCH3 is 2. The third kappa shape index (κ3) is 4.78. The van der Waals surface area contributed by atoms with Crippen molar-refractivity contribution in [3.63, 3.8) is 0 Å². The summed E-state index contributed by atoms with van der Waals surface area (Å²) in [5, 5.41) is 8.95. The number of esters is 1. The first kappa shape index (κ1) is 17.6. The normalized spacial score (nSPS) is 12.9. The zero-order valence-corrected chi connectivity index (χ0v) is 12.7. The molecule has 0 saturated heterocycles. The van der Waals surface area contributed by atoms with Gasteiger partial charge in [0.15, 0.2) is 0 Å². The molecule has 0 radical (unpaired) electrons. The molecular weight excluding hydrogens is 298 g/mol. The standard InChI is InChI=1S/C13H19NO6S/c1-19-9-10(7-8-15)14-21(17,18)12-6-4-3-5-11(12)13(16)20-2/h3-6,10,14-15H,7-9H2,1-2H3. The topological polar surface area (TPSA) is 102 Å². The Morgan fingerprint density at radius 1 is 1.33 bits per heavy atom. The Morgan fingerprint density at radius 3 is 2.57 bits per heavy atom. The van der Waals surface area contributed by atoms with Crippen LogP contribution in [0.4, 0.5) is 0 Å². The van der Waals surface area contributed by atoms with Gasteiger partial charge >= 0.3 is 5.97 Å². The summed E-state index contributed by atoms with van der Waals surface area (Å²) in [4.78, 5) is 11.5. The fraction of sp³-hybridized carbons (Fsp3) is 0.462. The highest BCUT2D eigenvalue weighted by Crippen LogP contribution is 2.17. The summed E-state index contributed by atoms with van der Waals surface area (Å²) in [5.74, 6) is -0.735. The van der Waals surface area contributed by atoms with Crippen LogP contribution in [0.2, 0.25) is 0 Å². The van der Waals surface area contributed by atoms with Crippen LogP contribution < -0.4 is 4.72 Å². The molecule has 0 heterocycles. The number of nitrogens with one attached hydrogen (secondary N) is 1. The minimum atomic E-state index is -3.93. The summed E-state index contributed by atoms with van der Waals surface area (Å²) in [5.41, 5.74) is -0.0485. The maximum absolute atomic E-state index is 12.4. The number of hydrogen-bond donors (Lipinski definition) is 2. The molecule has 118 valence electrons. The predicted molar refractivity (Wildman–Crippen MR) is 75.5 cm³/mol. The van der Waals surface area contributed by atoms with E-state index in [1.54, 1.807) is 6.07 Å². The molecule has 1 unspecified atom stereocenters. The van der Waals surface area contributed by atoms with E-state index >= 15 is 0 Å². The molecule has 21 heavy (non-hydrogen) atoms. The summed E-state index contributed by atoms with van der Waals surface area (Å²) < 4.78 is 36.6. The fourth-order valence-electron chi connectivity index (χ4n) is 1.80. The number of carbonyl (C=O) groups excluding carboxylic acids is 1. The second-order valence-electron chi connectivity index (χ2n) is 4.27. The molecular formula is C13H19NO6S. The fourth-order valence-corrected chi connectivity index (χ4v) is 3.25. The van der Waals surface area contributed by atoms with Gasteiger partial charge in [-0.15, -0.1) is 0 Å². The molecule has 0 saturated carbocycles. The molecule has 0 aliphatic heterocycles. The maximum Gasteiger partial charge on any atom is 0.339 e. The van der Waals surface area contributed by atoms with Gasteiger partial charge in [0.05, 0.1) is 24.2 Å². The number of aliphatic hydroxyl groups excluding tert-OH is 1. The smallest absolute Gasteiger partial charge is 0.339 e. The number of benzene rings is 1. The molecule has 7 nitrogen and oxygen atoms in total. The van der Waals surface area contributed by atoms with Gasteiger partial charge in [0.1, 0.15) is 0 Å². The van der Waals surface area contributed by atoms with Gasteiger partial charge in [-0.2, -0.15) is 0 Å². The minimum absolute atomic E-state index is 0.0485. The van der Waals surface area contributed by atoms with Crippen LogP contribution in [0, 0.1) is 0 Å². The van der Waals surface area contributed by atoms with Crippen molar-refractivity contribution in [2.24, 2.45) is 0 Å². The molecule has 0 fully saturated rings. The van der Waals surface area contributed by atoms with Crippen molar-refractivity contribution < 1.29 is 27.8 Å². The molecule has 0 aliphatic rings. The summed E-state index contributed by atoms with van der Waals surface area (Å²) in [7, 11) is -1.32. The Hall–Kier alpha value is -1.48. The first-order chi connectivity index (χ1) is 9.96. The average Bonchev–Trinajstić information content (AvgIpc) is 2.46. The Morgan fingerprint density at radius 2 is 2.00 bits per heavy atom. The van der Waals surface area contributed by atoms with E-state index in [1.165, 1.54) is 32.4 Å². The van der Waals surface area contributed by atoms with E-state index in [1.807, 2.05) is 0 Å². The molecule has 1 atom stereocenters. The van der Waals surface area contributed by atoms with Crippen LogP contribution in [-0.2, 0) is 19.5 Å². The largest absolute Gasteiger partial charge is 0.465 e. The summed E-state index contributed by atoms with van der Waals surface area (Å²) in [6.45, 7) is -0.0740. The van der Waals surface area contributed by atoms with Crippen molar-refractivity contribution in [3.05, 3.63) is 29.8 Å². The van der Waals surface area contributed by atoms with E-state index in [0.717, 1.165) is 0 Å². The molecule has 1 aromatic carbocycles. The molecule has 0 bridgehead atoms. The van der Waals surface area contributed by atoms with Crippen LogP contribution in [0.3, 0.4) is 0 Å². The zero-order chi connectivity index (χ0) is 15.9. The van der Waals surface area contributed by atoms with Gasteiger partial charge in [0, 0.05) is 19.8 Å². The molecule has 8 heteroatoms. The molecule has 0 amide bonds. The molecule has 0 aromatic heterocycles. The lowest BCUT2D eigenvalue weighted by molar-refractivity contribution is 0.0596. The van der Waals surface area contributed by atoms with Crippen LogP contribution in [0.15, 0.2) is 29.2 Å². The van der Waals surface area contributed by atoms with Crippen LogP contribution in [0.25, 0.3) is 0 Å². The van der Waals surface area contributed by atoms with E-state index in [-0.39, 0.29) is 30.1 Å². The average molecular weight is 317 g/mol. The van der Waals surface area contributed by atoms with Crippen LogP contribution in [0.5, 0.6) is 0 Å². The lowest BCUT2D eigenvalue weighted by Crippen LogP contribution is -2.39. The highest BCUT2D eigenvalue weighted by atomic mass is 32.2. The maximum atomic E-state index is 12.4. The summed E-state index contributed by atoms with van der Waals surface area (Å²) in [6, 6.07) is 5.16. The van der Waals surface area contributed by atoms with Crippen molar-refractivity contribution in [2.75, 3.05) is 27.4 Å². The van der Waals surface area contributed by atoms with E-state index < -0.39 is 22.0 Å². The summed E-state index contributed by atoms with van der Waals surface area (Å²) in [6.07, 6.45) is 0.202. The lowest BCUT2D eigenvalue weighted by atomic mass is 10.2. The molecule has 1 aromatic rings. The van der Waals surface area contributed by atoms with Crippen molar-refractivity contribution >= 4 is 16.0 Å². The van der Waals surface area contributed by atoms with Crippen molar-refractivity contribution in [1.82, 2.24) is 4.72 Å². The van der Waals surface area contributed by atoms with E-state index in [9.17, 15) is 13.2 Å². The van der Waals surface area contributed by atoms with Crippen molar-refractivity contribution in [3.8, 4) is 0 Å². The predicted octanol–water partition coefficient (Wildman–Crippen LogP) is 0.149. The third-order valence-corrected chi connectivity index (χ3v) is 4.33. The van der Waals surface area contributed by atoms with Crippen LogP contribution in [-0.4, -0.2) is 53.0 Å².